The van der Waals surface area contributed by atoms with E-state index in [2.05, 4.69) is 10.4 Å². The number of carbonyl (C=O) groups excluding carboxylic acids is 2. The van der Waals surface area contributed by atoms with Gasteiger partial charge in [-0.3, -0.25) is 9.59 Å². The zero-order valence-corrected chi connectivity index (χ0v) is 17.5. The van der Waals surface area contributed by atoms with Crippen LogP contribution in [0, 0.1) is 5.92 Å². The highest BCUT2D eigenvalue weighted by molar-refractivity contribution is 6.00. The highest BCUT2D eigenvalue weighted by Gasteiger charge is 2.34. The zero-order chi connectivity index (χ0) is 21.6. The SMILES string of the molecule is CCOc1ccc(N2CC(C(=O)NCCc3ccc(-n4cccn4)cc3)CC2=O)cc1. The summed E-state index contributed by atoms with van der Waals surface area (Å²) >= 11 is 0. The lowest BCUT2D eigenvalue weighted by Gasteiger charge is -2.17. The van der Waals surface area contributed by atoms with Crippen molar-refractivity contribution < 1.29 is 14.3 Å². The third-order valence-corrected chi connectivity index (χ3v) is 5.37. The number of hydrogen-bond donors (Lipinski definition) is 1. The molecule has 1 N–H and O–H groups in total. The summed E-state index contributed by atoms with van der Waals surface area (Å²) in [5, 5.41) is 7.19. The van der Waals surface area contributed by atoms with Gasteiger partial charge in [0.1, 0.15) is 5.75 Å². The summed E-state index contributed by atoms with van der Waals surface area (Å²) in [5.74, 6) is 0.333. The first-order valence-corrected chi connectivity index (χ1v) is 10.5. The van der Waals surface area contributed by atoms with Crippen molar-refractivity contribution in [1.82, 2.24) is 15.1 Å². The Morgan fingerprint density at radius 1 is 1.13 bits per heavy atom. The Hall–Kier alpha value is -3.61. The molecule has 0 saturated carbocycles. The summed E-state index contributed by atoms with van der Waals surface area (Å²) < 4.78 is 7.25. The average Bonchev–Trinajstić information content (AvgIpc) is 3.45. The summed E-state index contributed by atoms with van der Waals surface area (Å²) in [4.78, 5) is 26.7. The molecule has 2 amide bonds. The van der Waals surface area contributed by atoms with Crippen molar-refractivity contribution in [2.24, 2.45) is 5.92 Å². The average molecular weight is 418 g/mol. The maximum absolute atomic E-state index is 12.6. The van der Waals surface area contributed by atoms with Gasteiger partial charge in [0.15, 0.2) is 0 Å². The molecule has 0 spiro atoms. The lowest BCUT2D eigenvalue weighted by atomic mass is 10.1. The Morgan fingerprint density at radius 3 is 2.55 bits per heavy atom. The van der Waals surface area contributed by atoms with E-state index in [4.69, 9.17) is 4.74 Å². The van der Waals surface area contributed by atoms with Gasteiger partial charge in [-0.05, 0) is 61.4 Å². The van der Waals surface area contributed by atoms with Gasteiger partial charge in [-0.1, -0.05) is 12.1 Å². The van der Waals surface area contributed by atoms with Crippen LogP contribution in [0.5, 0.6) is 5.75 Å². The molecule has 2 aromatic carbocycles. The van der Waals surface area contributed by atoms with Crippen LogP contribution in [0.25, 0.3) is 5.69 Å². The monoisotopic (exact) mass is 418 g/mol. The first-order valence-electron chi connectivity index (χ1n) is 10.5. The summed E-state index contributed by atoms with van der Waals surface area (Å²) in [6.45, 7) is 3.46. The summed E-state index contributed by atoms with van der Waals surface area (Å²) in [7, 11) is 0. The first-order chi connectivity index (χ1) is 15.1. The molecular weight excluding hydrogens is 392 g/mol. The van der Waals surface area contributed by atoms with Crippen LogP contribution in [0.2, 0.25) is 0 Å². The predicted octanol–water partition coefficient (Wildman–Crippen LogP) is 2.98. The van der Waals surface area contributed by atoms with Crippen molar-refractivity contribution in [1.29, 1.82) is 0 Å². The molecule has 1 saturated heterocycles. The molecular formula is C24H26N4O3. The van der Waals surface area contributed by atoms with E-state index in [1.54, 1.807) is 15.8 Å². The van der Waals surface area contributed by atoms with Crippen LogP contribution in [0.1, 0.15) is 18.9 Å². The Labute approximate surface area is 181 Å². The fourth-order valence-corrected chi connectivity index (χ4v) is 3.73. The normalized spacial score (nSPS) is 15.8. The number of anilines is 1. The minimum atomic E-state index is -0.332. The number of rotatable bonds is 8. The van der Waals surface area contributed by atoms with Crippen LogP contribution >= 0.6 is 0 Å². The van der Waals surface area contributed by atoms with Crippen molar-refractivity contribution in [3.05, 3.63) is 72.6 Å². The molecule has 2 heterocycles. The molecule has 31 heavy (non-hydrogen) atoms. The van der Waals surface area contributed by atoms with Crippen LogP contribution in [-0.2, 0) is 16.0 Å². The van der Waals surface area contributed by atoms with Gasteiger partial charge in [0.05, 0.1) is 18.2 Å². The van der Waals surface area contributed by atoms with Crippen molar-refractivity contribution in [3.8, 4) is 11.4 Å². The zero-order valence-electron chi connectivity index (χ0n) is 17.5. The topological polar surface area (TPSA) is 76.5 Å². The molecule has 1 atom stereocenters. The van der Waals surface area contributed by atoms with E-state index in [0.29, 0.717) is 19.7 Å². The van der Waals surface area contributed by atoms with E-state index in [1.165, 1.54) is 0 Å². The third-order valence-electron chi connectivity index (χ3n) is 5.37. The Bertz CT molecular complexity index is 1010. The van der Waals surface area contributed by atoms with Crippen molar-refractivity contribution >= 4 is 17.5 Å². The number of amides is 2. The number of ether oxygens (including phenoxy) is 1. The number of hydrogen-bond acceptors (Lipinski definition) is 4. The van der Waals surface area contributed by atoms with Gasteiger partial charge >= 0.3 is 0 Å². The molecule has 0 bridgehead atoms. The Kier molecular flexibility index (Phi) is 6.31. The quantitative estimate of drug-likeness (QED) is 0.610. The van der Waals surface area contributed by atoms with E-state index in [0.717, 1.165) is 29.1 Å². The molecule has 0 aliphatic carbocycles. The molecule has 1 aliphatic heterocycles. The van der Waals surface area contributed by atoms with Gasteiger partial charge in [0.2, 0.25) is 11.8 Å². The van der Waals surface area contributed by atoms with Crippen LogP contribution in [-0.4, -0.2) is 41.3 Å². The van der Waals surface area contributed by atoms with Gasteiger partial charge in [-0.15, -0.1) is 0 Å². The number of carbonyl (C=O) groups is 2. The largest absolute Gasteiger partial charge is 0.494 e. The van der Waals surface area contributed by atoms with Crippen molar-refractivity contribution in [2.75, 3.05) is 24.6 Å². The van der Waals surface area contributed by atoms with E-state index in [-0.39, 0.29) is 24.2 Å². The molecule has 7 nitrogen and oxygen atoms in total. The molecule has 4 rings (SSSR count). The number of aromatic nitrogens is 2. The Balaban J connectivity index is 1.27. The first kappa shape index (κ1) is 20.7. The molecule has 1 aromatic heterocycles. The van der Waals surface area contributed by atoms with E-state index < -0.39 is 0 Å². The smallest absolute Gasteiger partial charge is 0.227 e. The minimum absolute atomic E-state index is 0.0291. The van der Waals surface area contributed by atoms with E-state index in [1.807, 2.05) is 67.7 Å². The second kappa shape index (κ2) is 9.47. The van der Waals surface area contributed by atoms with Crippen molar-refractivity contribution in [3.63, 3.8) is 0 Å². The maximum Gasteiger partial charge on any atom is 0.227 e. The number of nitrogens with zero attached hydrogens (tertiary/aromatic N) is 3. The van der Waals surface area contributed by atoms with Gasteiger partial charge in [0, 0.05) is 37.6 Å². The standard InChI is InChI=1S/C24H26N4O3/c1-2-31-22-10-8-20(9-11-22)27-17-19(16-23(27)29)24(30)25-14-12-18-4-6-21(7-5-18)28-15-3-13-26-28/h3-11,13,15,19H,2,12,14,16-17H2,1H3,(H,25,30). The molecule has 1 fully saturated rings. The molecule has 1 unspecified atom stereocenters. The fraction of sp³-hybridized carbons (Fsp3) is 0.292. The molecule has 7 heteroatoms. The lowest BCUT2D eigenvalue weighted by Crippen LogP contribution is -2.34. The highest BCUT2D eigenvalue weighted by atomic mass is 16.5. The maximum atomic E-state index is 12.6. The minimum Gasteiger partial charge on any atom is -0.494 e. The predicted molar refractivity (Wildman–Crippen MR) is 118 cm³/mol. The van der Waals surface area contributed by atoms with Gasteiger partial charge < -0.3 is 15.0 Å². The third kappa shape index (κ3) is 4.94. The second-order valence-corrected chi connectivity index (χ2v) is 7.49. The number of nitrogens with one attached hydrogen (secondary N) is 1. The summed E-state index contributed by atoms with van der Waals surface area (Å²) in [6, 6.07) is 17.4. The summed E-state index contributed by atoms with van der Waals surface area (Å²) in [5.41, 5.74) is 2.92. The van der Waals surface area contributed by atoms with E-state index >= 15 is 0 Å². The molecule has 3 aromatic rings. The molecule has 0 radical (unpaired) electrons. The highest BCUT2D eigenvalue weighted by Crippen LogP contribution is 2.27. The van der Waals surface area contributed by atoms with Crippen LogP contribution in [0.4, 0.5) is 5.69 Å². The second-order valence-electron chi connectivity index (χ2n) is 7.49. The van der Waals surface area contributed by atoms with Crippen LogP contribution < -0.4 is 15.0 Å². The number of benzene rings is 2. The lowest BCUT2D eigenvalue weighted by molar-refractivity contribution is -0.126. The van der Waals surface area contributed by atoms with Gasteiger partial charge in [0.25, 0.3) is 0 Å². The van der Waals surface area contributed by atoms with Crippen molar-refractivity contribution in [2.45, 2.75) is 19.8 Å². The Morgan fingerprint density at radius 2 is 1.87 bits per heavy atom. The van der Waals surface area contributed by atoms with Gasteiger partial charge in [-0.25, -0.2) is 4.68 Å². The van der Waals surface area contributed by atoms with Gasteiger partial charge in [-0.2, -0.15) is 5.10 Å². The molecule has 1 aliphatic rings. The van der Waals surface area contributed by atoms with E-state index in [9.17, 15) is 9.59 Å². The summed E-state index contributed by atoms with van der Waals surface area (Å²) in [6.07, 6.45) is 4.61. The fourth-order valence-electron chi connectivity index (χ4n) is 3.73. The van der Waals surface area contributed by atoms with Crippen LogP contribution in [0.15, 0.2) is 67.0 Å². The van der Waals surface area contributed by atoms with Crippen LogP contribution in [0.3, 0.4) is 0 Å². The molecule has 160 valence electrons.